The molecule has 6 rings (SSSR count). The Hall–Kier alpha value is -3.44. The van der Waals surface area contributed by atoms with Crippen molar-refractivity contribution < 1.29 is 85.6 Å². The molecule has 12 atom stereocenters. The lowest BCUT2D eigenvalue weighted by molar-refractivity contribution is -0.753. The summed E-state index contributed by atoms with van der Waals surface area (Å²) in [4.78, 5) is 66.5. The van der Waals surface area contributed by atoms with E-state index >= 15 is 0 Å². The quantitative estimate of drug-likeness (QED) is 0.0599. The topological polar surface area (TPSA) is 437 Å². The number of phosphoric acid groups is 3. The Balaban J connectivity index is 1.05. The number of H-pyrrole nitrogens is 2. The molecular weight excluding hydrogens is 789 g/mol. The molecule has 3 aliphatic rings. The number of nitrogens with one attached hydrogen (secondary N) is 3. The number of hydrogen-bond donors (Lipinski definition) is 13. The minimum Gasteiger partial charge on any atom is -0.387 e. The summed E-state index contributed by atoms with van der Waals surface area (Å²) in [7, 11) is -16.0. The summed E-state index contributed by atoms with van der Waals surface area (Å²) >= 11 is 0. The van der Waals surface area contributed by atoms with Crippen molar-refractivity contribution in [1.29, 1.82) is 0 Å². The van der Waals surface area contributed by atoms with Crippen LogP contribution in [0.2, 0.25) is 0 Å². The molecule has 2 saturated heterocycles. The van der Waals surface area contributed by atoms with E-state index in [-0.39, 0.29) is 23.0 Å². The van der Waals surface area contributed by atoms with Gasteiger partial charge in [-0.1, -0.05) is 0 Å². The number of aromatic amines is 2. The van der Waals surface area contributed by atoms with Gasteiger partial charge in [0.15, 0.2) is 23.7 Å². The first-order valence-corrected chi connectivity index (χ1v) is 19.2. The number of nitrogens with two attached hydrogens (primary N) is 2. The van der Waals surface area contributed by atoms with Gasteiger partial charge in [-0.05, 0) is 0 Å². The highest BCUT2D eigenvalue weighted by atomic mass is 31.3. The third kappa shape index (κ3) is 7.75. The lowest BCUT2D eigenvalue weighted by atomic mass is 10.1. The Morgan fingerprint density at radius 2 is 1.47 bits per heavy atom. The Morgan fingerprint density at radius 3 is 2.09 bits per heavy atom. The zero-order valence-electron chi connectivity index (χ0n) is 26.5. The fourth-order valence-corrected chi connectivity index (χ4v) is 9.20. The zero-order chi connectivity index (χ0) is 38.9. The Labute approximate surface area is 292 Å². The van der Waals surface area contributed by atoms with E-state index in [2.05, 4.69) is 42.9 Å². The summed E-state index contributed by atoms with van der Waals surface area (Å²) in [5.74, 6) is -0.495. The van der Waals surface area contributed by atoms with Crippen LogP contribution in [0.1, 0.15) is 24.4 Å². The normalized spacial score (nSPS) is 32.1. The van der Waals surface area contributed by atoms with E-state index in [0.29, 0.717) is 4.57 Å². The number of anilines is 2. The van der Waals surface area contributed by atoms with Gasteiger partial charge in [0, 0.05) is 0 Å². The molecule has 6 heterocycles. The van der Waals surface area contributed by atoms with Crippen molar-refractivity contribution in [3.05, 3.63) is 32.9 Å². The first kappa shape index (κ1) is 39.3. The molecule has 32 heteroatoms. The van der Waals surface area contributed by atoms with Crippen LogP contribution in [0, 0.1) is 0 Å². The maximum atomic E-state index is 12.5. The van der Waals surface area contributed by atoms with E-state index in [1.807, 2.05) is 0 Å². The smallest absolute Gasteiger partial charge is 0.387 e. The molecule has 0 aromatic carbocycles. The molecule has 0 aliphatic carbocycles. The maximum absolute atomic E-state index is 12.5. The third-order valence-electron chi connectivity index (χ3n) is 7.95. The first-order valence-electron chi connectivity index (χ1n) is 14.7. The van der Waals surface area contributed by atoms with Gasteiger partial charge in [-0.15, -0.1) is 0 Å². The number of aliphatic hydroxyl groups is 5. The lowest BCUT2D eigenvalue weighted by Gasteiger charge is -2.21. The third-order valence-corrected chi connectivity index (χ3v) is 12.2. The molecule has 3 aliphatic heterocycles. The number of fused-ring (bicyclic) bond motifs is 2. The van der Waals surface area contributed by atoms with Crippen molar-refractivity contribution >= 4 is 52.4 Å². The molecule has 2 fully saturated rings. The molecule has 0 amide bonds. The lowest BCUT2D eigenvalue weighted by Crippen LogP contribution is -2.48. The summed E-state index contributed by atoms with van der Waals surface area (Å²) in [6.07, 6.45) is -14.0. The number of ether oxygens (including phenoxy) is 2. The van der Waals surface area contributed by atoms with E-state index in [9.17, 15) is 63.5 Å². The van der Waals surface area contributed by atoms with Gasteiger partial charge >= 0.3 is 29.2 Å². The second-order valence-corrected chi connectivity index (χ2v) is 16.2. The number of rotatable bonds is 12. The summed E-state index contributed by atoms with van der Waals surface area (Å²) in [6, 6.07) is 0. The maximum Gasteiger partial charge on any atom is 0.490 e. The highest BCUT2D eigenvalue weighted by Crippen LogP contribution is 2.67. The number of aliphatic hydroxyl groups excluding tert-OH is 5. The molecule has 53 heavy (non-hydrogen) atoms. The van der Waals surface area contributed by atoms with Crippen molar-refractivity contribution in [3.63, 3.8) is 0 Å². The van der Waals surface area contributed by atoms with Crippen molar-refractivity contribution in [3.8, 4) is 0 Å². The van der Waals surface area contributed by atoms with E-state index in [4.69, 9.17) is 20.9 Å². The van der Waals surface area contributed by atoms with Crippen molar-refractivity contribution in [2.24, 2.45) is 17.8 Å². The van der Waals surface area contributed by atoms with Gasteiger partial charge in [-0.3, -0.25) is 28.4 Å². The second kappa shape index (κ2) is 14.0. The molecular formula is C21H32N10O19P3+. The highest BCUT2D eigenvalue weighted by Gasteiger charge is 2.51. The van der Waals surface area contributed by atoms with Gasteiger partial charge in [-0.2, -0.15) is 18.6 Å². The van der Waals surface area contributed by atoms with E-state index in [1.165, 1.54) is 22.5 Å². The van der Waals surface area contributed by atoms with E-state index in [0.717, 1.165) is 0 Å². The van der Waals surface area contributed by atoms with Gasteiger partial charge in [0.05, 0.1) is 20.3 Å². The van der Waals surface area contributed by atoms with Crippen LogP contribution in [0.5, 0.6) is 0 Å². The van der Waals surface area contributed by atoms with Gasteiger partial charge in [-0.25, -0.2) is 32.9 Å². The molecule has 0 bridgehead atoms. The zero-order valence-corrected chi connectivity index (χ0v) is 29.2. The van der Waals surface area contributed by atoms with Crippen LogP contribution >= 0.6 is 23.5 Å². The molecule has 294 valence electrons. The Morgan fingerprint density at radius 1 is 0.887 bits per heavy atom. The number of hydrogen-bond acceptors (Lipinski definition) is 21. The van der Waals surface area contributed by atoms with Crippen LogP contribution in [-0.4, -0.2) is 120 Å². The molecule has 15 N–H and O–H groups in total. The van der Waals surface area contributed by atoms with Gasteiger partial charge in [0.1, 0.15) is 36.6 Å². The van der Waals surface area contributed by atoms with Crippen LogP contribution < -0.4 is 32.6 Å². The predicted molar refractivity (Wildman–Crippen MR) is 167 cm³/mol. The number of phosphoric ester groups is 2. The van der Waals surface area contributed by atoms with Crippen LogP contribution in [0.15, 0.2) is 20.9 Å². The molecule has 0 spiro atoms. The highest BCUT2D eigenvalue weighted by molar-refractivity contribution is 7.66. The van der Waals surface area contributed by atoms with Crippen molar-refractivity contribution in [2.75, 3.05) is 24.3 Å². The summed E-state index contributed by atoms with van der Waals surface area (Å²) < 4.78 is 68.8. The fourth-order valence-electron chi connectivity index (χ4n) is 5.68. The van der Waals surface area contributed by atoms with Crippen LogP contribution in [-0.2, 0) is 47.9 Å². The van der Waals surface area contributed by atoms with Crippen molar-refractivity contribution in [1.82, 2.24) is 24.1 Å². The van der Waals surface area contributed by atoms with Crippen LogP contribution in [0.4, 0.5) is 11.8 Å². The standard InChI is InChI=1S/C21H31N10O19P3/c1-29-4-30(14-8(29)16(37)28-20(23)26-14)17-11(34)9(32)5(47-17)2-45-51(39,40)49-53(43,44)50-52(41,42)46-3-6-10(33)12(35)18(48-6)31-13-7(24-21(31)38)15(36)27-19(22)25-13/h4-6,9-12,16-18,32-35,37H,2-3H2,1H3,(H9-,22,23,24,25,26,27,28,36,38,39,40,41,42,43,44)/p+1/t5-,6-,9?,10?,11+,12+,16?,17-,18-/m1/s1. The van der Waals surface area contributed by atoms with Crippen molar-refractivity contribution in [2.45, 2.75) is 55.3 Å². The van der Waals surface area contributed by atoms with Gasteiger partial charge in [0.2, 0.25) is 24.1 Å². The average Bonchev–Trinajstić information content (AvgIpc) is 3.71. The second-order valence-electron chi connectivity index (χ2n) is 11.6. The minimum atomic E-state index is -6.04. The molecule has 3 aromatic rings. The molecule has 29 nitrogen and oxygen atoms in total. The average molecular weight is 821 g/mol. The SMILES string of the molecule is Cn1c[n+]([C@@H]2O[C@H](COP(=O)(O)OP(=O)(O)OP(=O)(O)OC[C@H]3O[C@@H](n4c(=O)[nH]c5c(=O)[nH]c(N)nc54)[C@@H](O)C3O)C(O)[C@@H]2O)c2c1C(O)N=C(N)N2. The minimum absolute atomic E-state index is 0.117. The monoisotopic (exact) mass is 821 g/mol. The number of aromatic nitrogens is 6. The number of nitrogens with zero attached hydrogens (tertiary/aromatic N) is 5. The number of imidazole rings is 2. The summed E-state index contributed by atoms with van der Waals surface area (Å²) in [6.45, 7) is -2.26. The van der Waals surface area contributed by atoms with Gasteiger partial charge < -0.3 is 61.2 Å². The van der Waals surface area contributed by atoms with E-state index in [1.54, 1.807) is 0 Å². The van der Waals surface area contributed by atoms with Gasteiger partial charge in [0.25, 0.3) is 17.3 Å². The first-order chi connectivity index (χ1) is 24.6. The number of guanidine groups is 1. The molecule has 0 radical (unpaired) electrons. The van der Waals surface area contributed by atoms with E-state index < -0.39 is 115 Å². The number of nitrogen functional groups attached to an aromatic ring is 1. The largest absolute Gasteiger partial charge is 0.490 e. The van der Waals surface area contributed by atoms with Crippen LogP contribution in [0.3, 0.4) is 0 Å². The van der Waals surface area contributed by atoms with Crippen LogP contribution in [0.25, 0.3) is 11.2 Å². The Bertz CT molecular complexity index is 2210. The predicted octanol–water partition coefficient (Wildman–Crippen LogP) is -5.34. The number of aliphatic imine (C=N–C) groups is 1. The summed E-state index contributed by atoms with van der Waals surface area (Å²) in [5, 5.41) is 55.0. The fraction of sp³-hybridized carbons (Fsp3) is 0.571. The molecule has 3 aromatic heterocycles. The molecule has 0 saturated carbocycles. The molecule has 6 unspecified atom stereocenters. The number of aryl methyl sites for hydroxylation is 1. The summed E-state index contributed by atoms with van der Waals surface area (Å²) in [5.41, 5.74) is 8.70. The Kier molecular flexibility index (Phi) is 10.4.